The monoisotopic (exact) mass is 434 g/mol. The number of hydrogen-bond acceptors (Lipinski definition) is 6. The fourth-order valence-electron chi connectivity index (χ4n) is 3.93. The minimum atomic E-state index is -1.43. The highest BCUT2D eigenvalue weighted by Gasteiger charge is 2.37. The topological polar surface area (TPSA) is 110 Å². The summed E-state index contributed by atoms with van der Waals surface area (Å²) in [7, 11) is 0. The van der Waals surface area contributed by atoms with Gasteiger partial charge in [-0.25, -0.2) is 13.6 Å². The molecule has 31 heavy (non-hydrogen) atoms. The van der Waals surface area contributed by atoms with Crippen molar-refractivity contribution in [2.24, 2.45) is 10.9 Å². The summed E-state index contributed by atoms with van der Waals surface area (Å²) in [4.78, 5) is 30.7. The number of rotatable bonds is 5. The minimum absolute atomic E-state index is 0.0627. The lowest BCUT2D eigenvalue weighted by atomic mass is 9.88. The van der Waals surface area contributed by atoms with E-state index in [9.17, 15) is 14.7 Å². The standard InChI is InChI=1S/C21H24F2N4O4/c1-3-31-25-15-10-26(7-6-21(15,2)24)18-14(22)8-12-17(16(18)23)27(11-4-5-11)9-13(19(12)28)20(29)30/h8-9,11H,3-7,10,24H2,1-2H3,(H,29,30)/b25-15+. The van der Waals surface area contributed by atoms with Crippen LogP contribution in [-0.4, -0.2) is 46.6 Å². The zero-order valence-corrected chi connectivity index (χ0v) is 17.3. The predicted octanol–water partition coefficient (Wildman–Crippen LogP) is 2.63. The molecule has 0 spiro atoms. The zero-order chi connectivity index (χ0) is 22.5. The van der Waals surface area contributed by atoms with E-state index in [1.54, 1.807) is 13.8 Å². The Kier molecular flexibility index (Phi) is 5.20. The van der Waals surface area contributed by atoms with E-state index in [1.807, 2.05) is 0 Å². The molecule has 0 amide bonds. The van der Waals surface area contributed by atoms with Crippen LogP contribution in [0.2, 0.25) is 0 Å². The number of carbonyl (C=O) groups is 1. The second kappa shape index (κ2) is 7.60. The molecular formula is C21H24F2N4O4. The van der Waals surface area contributed by atoms with Crippen LogP contribution < -0.4 is 16.1 Å². The third-order valence-electron chi connectivity index (χ3n) is 5.88. The van der Waals surface area contributed by atoms with Crippen molar-refractivity contribution >= 4 is 28.3 Å². The number of aromatic carboxylic acids is 1. The van der Waals surface area contributed by atoms with Crippen LogP contribution in [-0.2, 0) is 4.84 Å². The van der Waals surface area contributed by atoms with E-state index in [2.05, 4.69) is 5.16 Å². The number of hydrogen-bond donors (Lipinski definition) is 2. The number of fused-ring (bicyclic) bond motifs is 1. The third kappa shape index (κ3) is 3.65. The summed E-state index contributed by atoms with van der Waals surface area (Å²) in [6, 6.07) is 0.801. The Morgan fingerprint density at radius 1 is 1.42 bits per heavy atom. The van der Waals surface area contributed by atoms with Crippen molar-refractivity contribution < 1.29 is 23.5 Å². The van der Waals surface area contributed by atoms with Gasteiger partial charge in [-0.2, -0.15) is 0 Å². The van der Waals surface area contributed by atoms with E-state index in [4.69, 9.17) is 10.6 Å². The maximum Gasteiger partial charge on any atom is 0.341 e. The van der Waals surface area contributed by atoms with E-state index in [0.717, 1.165) is 25.1 Å². The SMILES string of the molecule is CCO/N=C1\CN(c2c(F)cc3c(=O)c(C(=O)O)cn(C4CC4)c3c2F)CCC1(C)N. The summed E-state index contributed by atoms with van der Waals surface area (Å²) < 4.78 is 32.3. The number of nitrogens with two attached hydrogens (primary N) is 1. The van der Waals surface area contributed by atoms with Crippen molar-refractivity contribution in [2.45, 2.75) is 44.7 Å². The van der Waals surface area contributed by atoms with Crippen molar-refractivity contribution in [1.29, 1.82) is 0 Å². The molecular weight excluding hydrogens is 410 g/mol. The number of anilines is 1. The molecule has 1 saturated carbocycles. The molecule has 8 nitrogen and oxygen atoms in total. The van der Waals surface area contributed by atoms with Crippen molar-refractivity contribution in [3.63, 3.8) is 0 Å². The van der Waals surface area contributed by atoms with Crippen LogP contribution in [0.3, 0.4) is 0 Å². The molecule has 1 unspecified atom stereocenters. The molecule has 166 valence electrons. The Labute approximate surface area is 176 Å². The lowest BCUT2D eigenvalue weighted by Crippen LogP contribution is -2.56. The number of aromatic nitrogens is 1. The molecule has 2 aromatic rings. The van der Waals surface area contributed by atoms with Gasteiger partial charge in [0.2, 0.25) is 5.43 Å². The molecule has 1 saturated heterocycles. The average molecular weight is 434 g/mol. The van der Waals surface area contributed by atoms with E-state index in [-0.39, 0.29) is 35.7 Å². The lowest BCUT2D eigenvalue weighted by molar-refractivity contribution is 0.0694. The summed E-state index contributed by atoms with van der Waals surface area (Å²) in [6.45, 7) is 4.22. The fourth-order valence-corrected chi connectivity index (χ4v) is 3.93. The molecule has 1 aliphatic heterocycles. The number of carboxylic acid groups (broad SMARTS) is 1. The van der Waals surface area contributed by atoms with Gasteiger partial charge in [-0.1, -0.05) is 5.16 Å². The molecule has 1 atom stereocenters. The van der Waals surface area contributed by atoms with E-state index < -0.39 is 34.1 Å². The summed E-state index contributed by atoms with van der Waals surface area (Å²) in [6.07, 6.45) is 3.00. The number of halogens is 2. The van der Waals surface area contributed by atoms with Gasteiger partial charge >= 0.3 is 5.97 Å². The first-order valence-corrected chi connectivity index (χ1v) is 10.2. The van der Waals surface area contributed by atoms with Crippen LogP contribution in [0, 0.1) is 11.6 Å². The van der Waals surface area contributed by atoms with Gasteiger partial charge in [-0.05, 0) is 39.2 Å². The first kappa shape index (κ1) is 21.2. The van der Waals surface area contributed by atoms with Crippen LogP contribution in [0.4, 0.5) is 14.5 Å². The van der Waals surface area contributed by atoms with Crippen molar-refractivity contribution in [3.8, 4) is 0 Å². The highest BCUT2D eigenvalue weighted by atomic mass is 19.1. The second-order valence-corrected chi connectivity index (χ2v) is 8.28. The molecule has 10 heteroatoms. The Balaban J connectivity index is 1.88. The normalized spacial score (nSPS) is 22.9. The Morgan fingerprint density at radius 2 is 2.13 bits per heavy atom. The van der Waals surface area contributed by atoms with E-state index >= 15 is 8.78 Å². The van der Waals surface area contributed by atoms with Gasteiger partial charge in [0.1, 0.15) is 23.7 Å². The highest BCUT2D eigenvalue weighted by molar-refractivity contribution is 5.98. The summed E-state index contributed by atoms with van der Waals surface area (Å²) in [5, 5.41) is 13.1. The maximum absolute atomic E-state index is 15.8. The Hall–Kier alpha value is -3.01. The number of nitrogens with zero attached hydrogens (tertiary/aromatic N) is 3. The van der Waals surface area contributed by atoms with Gasteiger partial charge in [-0.15, -0.1) is 0 Å². The van der Waals surface area contributed by atoms with Gasteiger partial charge in [-0.3, -0.25) is 4.79 Å². The predicted molar refractivity (Wildman–Crippen MR) is 112 cm³/mol. The van der Waals surface area contributed by atoms with E-state index in [1.165, 1.54) is 9.47 Å². The summed E-state index contributed by atoms with van der Waals surface area (Å²) in [5.41, 5.74) is 4.18. The smallest absolute Gasteiger partial charge is 0.341 e. The van der Waals surface area contributed by atoms with E-state index in [0.29, 0.717) is 18.7 Å². The second-order valence-electron chi connectivity index (χ2n) is 8.28. The third-order valence-corrected chi connectivity index (χ3v) is 5.88. The van der Waals surface area contributed by atoms with Crippen LogP contribution in [0.5, 0.6) is 0 Å². The summed E-state index contributed by atoms with van der Waals surface area (Å²) in [5.74, 6) is -3.27. The van der Waals surface area contributed by atoms with Crippen molar-refractivity contribution in [2.75, 3.05) is 24.6 Å². The van der Waals surface area contributed by atoms with Gasteiger partial charge in [0, 0.05) is 18.8 Å². The highest BCUT2D eigenvalue weighted by Crippen LogP contribution is 2.40. The quantitative estimate of drug-likeness (QED) is 0.700. The number of carboxylic acids is 1. The molecule has 1 aromatic heterocycles. The van der Waals surface area contributed by atoms with Gasteiger partial charge < -0.3 is 25.1 Å². The van der Waals surface area contributed by atoms with Crippen LogP contribution >= 0.6 is 0 Å². The number of benzene rings is 1. The van der Waals surface area contributed by atoms with Crippen molar-refractivity contribution in [1.82, 2.24) is 4.57 Å². The lowest BCUT2D eigenvalue weighted by Gasteiger charge is -2.39. The average Bonchev–Trinajstić information content (AvgIpc) is 3.53. The Morgan fingerprint density at radius 3 is 2.74 bits per heavy atom. The molecule has 1 aliphatic carbocycles. The van der Waals surface area contributed by atoms with Crippen LogP contribution in [0.1, 0.15) is 49.5 Å². The molecule has 4 rings (SSSR count). The molecule has 2 heterocycles. The number of piperidine rings is 1. The van der Waals surface area contributed by atoms with Crippen LogP contribution in [0.15, 0.2) is 22.2 Å². The first-order valence-electron chi connectivity index (χ1n) is 10.2. The van der Waals surface area contributed by atoms with Gasteiger partial charge in [0.15, 0.2) is 5.82 Å². The molecule has 2 aliphatic rings. The maximum atomic E-state index is 15.8. The van der Waals surface area contributed by atoms with Gasteiger partial charge in [0.25, 0.3) is 0 Å². The number of pyridine rings is 1. The molecule has 0 radical (unpaired) electrons. The molecule has 3 N–H and O–H groups in total. The first-order chi connectivity index (χ1) is 14.7. The molecule has 1 aromatic carbocycles. The van der Waals surface area contributed by atoms with Crippen molar-refractivity contribution in [3.05, 3.63) is 39.7 Å². The summed E-state index contributed by atoms with van der Waals surface area (Å²) >= 11 is 0. The number of oxime groups is 1. The zero-order valence-electron chi connectivity index (χ0n) is 17.3. The van der Waals surface area contributed by atoms with Gasteiger partial charge in [0.05, 0.1) is 28.7 Å². The van der Waals surface area contributed by atoms with Crippen LogP contribution in [0.25, 0.3) is 10.9 Å². The molecule has 0 bridgehead atoms. The Bertz CT molecular complexity index is 1150. The molecule has 2 fully saturated rings. The fraction of sp³-hybridized carbons (Fsp3) is 0.476. The minimum Gasteiger partial charge on any atom is -0.477 e. The largest absolute Gasteiger partial charge is 0.477 e.